The van der Waals surface area contributed by atoms with E-state index in [9.17, 15) is 13.6 Å². The van der Waals surface area contributed by atoms with Crippen molar-refractivity contribution in [3.8, 4) is 0 Å². The number of benzene rings is 2. The minimum atomic E-state index is -0.909. The van der Waals surface area contributed by atoms with Gasteiger partial charge < -0.3 is 14.6 Å². The molecule has 0 atom stereocenters. The number of anilines is 2. The molecule has 0 aliphatic rings. The van der Waals surface area contributed by atoms with Gasteiger partial charge in [0.1, 0.15) is 5.82 Å². The Morgan fingerprint density at radius 3 is 2.85 bits per heavy atom. The van der Waals surface area contributed by atoms with Gasteiger partial charge in [-0.25, -0.2) is 14.3 Å². The number of fused-ring (bicyclic) bond motifs is 1. The molecule has 0 aliphatic carbocycles. The summed E-state index contributed by atoms with van der Waals surface area (Å²) in [5.41, 5.74) is 1.46. The van der Waals surface area contributed by atoms with Gasteiger partial charge in [0.25, 0.3) is 5.91 Å². The van der Waals surface area contributed by atoms with Crippen LogP contribution in [0, 0.1) is 15.2 Å². The van der Waals surface area contributed by atoms with Crippen LogP contribution >= 0.6 is 22.6 Å². The van der Waals surface area contributed by atoms with Crippen LogP contribution in [-0.2, 0) is 9.57 Å². The van der Waals surface area contributed by atoms with Crippen LogP contribution < -0.4 is 10.8 Å². The Morgan fingerprint density at radius 2 is 2.11 bits per heavy atom. The summed E-state index contributed by atoms with van der Waals surface area (Å²) < 4.78 is 39.3. The molecule has 0 saturated heterocycles. The minimum absolute atomic E-state index is 0.0144. The number of halogens is 3. The summed E-state index contributed by atoms with van der Waals surface area (Å²) in [5, 5.41) is 9.41. The zero-order valence-corrected chi connectivity index (χ0v) is 16.0. The first-order valence-electron chi connectivity index (χ1n) is 7.59. The number of nitrogens with one attached hydrogen (secondary N) is 2. The van der Waals surface area contributed by atoms with Crippen molar-refractivity contribution in [2.24, 2.45) is 0 Å². The van der Waals surface area contributed by atoms with E-state index >= 15 is 0 Å². The highest BCUT2D eigenvalue weighted by atomic mass is 127. The van der Waals surface area contributed by atoms with Crippen molar-refractivity contribution in [2.75, 3.05) is 25.6 Å². The molecule has 142 valence electrons. The van der Waals surface area contributed by atoms with Gasteiger partial charge in [0.15, 0.2) is 16.9 Å². The average Bonchev–Trinajstić information content (AvgIpc) is 3.11. The van der Waals surface area contributed by atoms with E-state index in [1.807, 2.05) is 22.6 Å². The summed E-state index contributed by atoms with van der Waals surface area (Å²) in [4.78, 5) is 17.4. The predicted molar refractivity (Wildman–Crippen MR) is 99.5 cm³/mol. The molecule has 3 aromatic rings. The first-order valence-corrected chi connectivity index (χ1v) is 8.67. The maximum atomic E-state index is 14.9. The molecular weight excluding hydrogens is 477 g/mol. The Kier molecular flexibility index (Phi) is 6.13. The minimum Gasteiger partial charge on any atom is -0.382 e. The van der Waals surface area contributed by atoms with E-state index in [1.165, 1.54) is 25.3 Å². The molecule has 27 heavy (non-hydrogen) atoms. The van der Waals surface area contributed by atoms with E-state index in [0.717, 1.165) is 0 Å². The van der Waals surface area contributed by atoms with E-state index in [4.69, 9.17) is 14.1 Å². The lowest BCUT2D eigenvalue weighted by molar-refractivity contribution is 0.00892. The van der Waals surface area contributed by atoms with Gasteiger partial charge in [-0.2, -0.15) is 0 Å². The Labute approximate surface area is 165 Å². The van der Waals surface area contributed by atoms with Gasteiger partial charge in [-0.3, -0.25) is 9.63 Å². The van der Waals surface area contributed by atoms with E-state index in [2.05, 4.69) is 21.2 Å². The summed E-state index contributed by atoms with van der Waals surface area (Å²) in [6.45, 7) is 0.337. The third-order valence-corrected chi connectivity index (χ3v) is 4.15. The van der Waals surface area contributed by atoms with Gasteiger partial charge in [-0.05, 0) is 40.8 Å². The fourth-order valence-electron chi connectivity index (χ4n) is 2.21. The smallest absolute Gasteiger partial charge is 0.277 e. The standard InChI is InChI=1S/C16H13F2IN4O4/c1-25-4-5-26-22-16(24)9-7-12-15(21-23-27-12)13(18)14(9)20-11-3-2-8(19)6-10(11)17/h2-3,6-7,20H,4-5H2,1H3,(H,22,24). The number of rotatable bonds is 7. The Hall–Kier alpha value is -2.38. The molecule has 0 fully saturated rings. The lowest BCUT2D eigenvalue weighted by atomic mass is 10.1. The van der Waals surface area contributed by atoms with Gasteiger partial charge in [0.2, 0.25) is 0 Å². The first-order chi connectivity index (χ1) is 13.0. The second-order valence-electron chi connectivity index (χ2n) is 5.25. The largest absolute Gasteiger partial charge is 0.382 e. The van der Waals surface area contributed by atoms with Crippen LogP contribution in [0.2, 0.25) is 0 Å². The molecule has 2 N–H and O–H groups in total. The summed E-state index contributed by atoms with van der Waals surface area (Å²) in [7, 11) is 1.48. The van der Waals surface area contributed by atoms with Gasteiger partial charge in [-0.1, -0.05) is 0 Å². The van der Waals surface area contributed by atoms with Crippen LogP contribution in [0.1, 0.15) is 10.4 Å². The van der Waals surface area contributed by atoms with Crippen molar-refractivity contribution in [1.29, 1.82) is 0 Å². The van der Waals surface area contributed by atoms with Crippen molar-refractivity contribution < 1.29 is 27.7 Å². The van der Waals surface area contributed by atoms with Crippen LogP contribution in [-0.4, -0.2) is 36.6 Å². The average molecular weight is 490 g/mol. The number of amides is 1. The van der Waals surface area contributed by atoms with Gasteiger partial charge in [0, 0.05) is 22.0 Å². The molecule has 0 saturated carbocycles. The number of ether oxygens (including phenoxy) is 1. The molecule has 0 bridgehead atoms. The maximum absolute atomic E-state index is 14.9. The molecule has 0 radical (unpaired) electrons. The first kappa shape index (κ1) is 19.4. The van der Waals surface area contributed by atoms with Crippen LogP contribution in [0.4, 0.5) is 20.2 Å². The molecule has 0 unspecified atom stereocenters. The molecule has 11 heteroatoms. The van der Waals surface area contributed by atoms with Crippen LogP contribution in [0.5, 0.6) is 0 Å². The highest BCUT2D eigenvalue weighted by molar-refractivity contribution is 14.1. The van der Waals surface area contributed by atoms with Crippen molar-refractivity contribution in [3.05, 3.63) is 45.0 Å². The summed E-state index contributed by atoms with van der Waals surface area (Å²) in [5.74, 6) is -2.28. The lowest BCUT2D eigenvalue weighted by Crippen LogP contribution is -2.26. The van der Waals surface area contributed by atoms with Crippen molar-refractivity contribution in [1.82, 2.24) is 15.9 Å². The highest BCUT2D eigenvalue weighted by Crippen LogP contribution is 2.31. The lowest BCUT2D eigenvalue weighted by Gasteiger charge is -2.14. The van der Waals surface area contributed by atoms with Crippen molar-refractivity contribution in [2.45, 2.75) is 0 Å². The molecule has 2 aromatic carbocycles. The number of hydroxylamine groups is 1. The SMILES string of the molecule is COCCONC(=O)c1cc2onnc2c(F)c1Nc1ccc(I)cc1F. The van der Waals surface area contributed by atoms with Gasteiger partial charge in [-0.15, -0.1) is 5.10 Å². The molecular formula is C16H13F2IN4O4. The fourth-order valence-corrected chi connectivity index (χ4v) is 2.66. The fraction of sp³-hybridized carbons (Fsp3) is 0.188. The second kappa shape index (κ2) is 8.54. The second-order valence-corrected chi connectivity index (χ2v) is 6.50. The van der Waals surface area contributed by atoms with Gasteiger partial charge >= 0.3 is 0 Å². The number of carbonyl (C=O) groups is 1. The molecule has 1 aromatic heterocycles. The summed E-state index contributed by atoms with van der Waals surface area (Å²) >= 11 is 1.95. The number of hydrogen-bond acceptors (Lipinski definition) is 7. The summed E-state index contributed by atoms with van der Waals surface area (Å²) in [6.07, 6.45) is 0. The highest BCUT2D eigenvalue weighted by Gasteiger charge is 2.23. The van der Waals surface area contributed by atoms with E-state index < -0.39 is 17.5 Å². The zero-order valence-electron chi connectivity index (χ0n) is 13.9. The third-order valence-electron chi connectivity index (χ3n) is 3.48. The molecule has 1 amide bonds. The Morgan fingerprint density at radius 1 is 1.30 bits per heavy atom. The normalized spacial score (nSPS) is 11.0. The number of methoxy groups -OCH3 is 1. The Bertz CT molecular complexity index is 982. The number of aromatic nitrogens is 2. The number of carbonyl (C=O) groups excluding carboxylic acids is 1. The molecule has 8 nitrogen and oxygen atoms in total. The third kappa shape index (κ3) is 4.31. The maximum Gasteiger partial charge on any atom is 0.277 e. The van der Waals surface area contributed by atoms with Crippen molar-refractivity contribution in [3.63, 3.8) is 0 Å². The number of hydrogen-bond donors (Lipinski definition) is 2. The van der Waals surface area contributed by atoms with E-state index in [1.54, 1.807) is 6.07 Å². The van der Waals surface area contributed by atoms with E-state index in [-0.39, 0.29) is 41.3 Å². The molecule has 1 heterocycles. The van der Waals surface area contributed by atoms with Gasteiger partial charge in [0.05, 0.1) is 30.2 Å². The zero-order chi connectivity index (χ0) is 19.4. The topological polar surface area (TPSA) is 98.5 Å². The molecule has 0 aliphatic heterocycles. The van der Waals surface area contributed by atoms with Crippen LogP contribution in [0.25, 0.3) is 11.1 Å². The molecule has 3 rings (SSSR count). The predicted octanol–water partition coefficient (Wildman–Crippen LogP) is 3.16. The van der Waals surface area contributed by atoms with Crippen LogP contribution in [0.3, 0.4) is 0 Å². The van der Waals surface area contributed by atoms with Crippen molar-refractivity contribution >= 4 is 51.0 Å². The quantitative estimate of drug-likeness (QED) is 0.298. The van der Waals surface area contributed by atoms with Crippen LogP contribution in [0.15, 0.2) is 28.8 Å². The Balaban J connectivity index is 1.98. The monoisotopic (exact) mass is 490 g/mol. The number of nitrogens with zero attached hydrogens (tertiary/aromatic N) is 2. The molecule has 0 spiro atoms. The van der Waals surface area contributed by atoms with E-state index in [0.29, 0.717) is 3.57 Å². The summed E-state index contributed by atoms with van der Waals surface area (Å²) in [6, 6.07) is 5.57.